The van der Waals surface area contributed by atoms with Crippen LogP contribution in [-0.4, -0.2) is 51.4 Å². The minimum atomic E-state index is -4.15. The van der Waals surface area contributed by atoms with Crippen molar-refractivity contribution >= 4 is 39.1 Å². The number of amides is 2. The van der Waals surface area contributed by atoms with E-state index in [9.17, 15) is 18.0 Å². The summed E-state index contributed by atoms with van der Waals surface area (Å²) in [6, 6.07) is 19.1. The average Bonchev–Trinajstić information content (AvgIpc) is 2.94. The van der Waals surface area contributed by atoms with Crippen molar-refractivity contribution in [2.24, 2.45) is 0 Å². The number of nitrogens with zero attached hydrogens (tertiary/aromatic N) is 2. The highest BCUT2D eigenvalue weighted by Crippen LogP contribution is 2.28. The predicted octanol–water partition coefficient (Wildman–Crippen LogP) is 4.80. The van der Waals surface area contributed by atoms with Gasteiger partial charge < -0.3 is 15.0 Å². The molecule has 0 unspecified atom stereocenters. The smallest absolute Gasteiger partial charge is 0.264 e. The van der Waals surface area contributed by atoms with Gasteiger partial charge in [-0.2, -0.15) is 0 Å². The van der Waals surface area contributed by atoms with E-state index < -0.39 is 28.5 Å². The molecule has 2 amide bonds. The van der Waals surface area contributed by atoms with Gasteiger partial charge >= 0.3 is 0 Å². The first-order valence-electron chi connectivity index (χ1n) is 12.7. The monoisotopic (exact) mass is 571 g/mol. The molecule has 39 heavy (non-hydrogen) atoms. The fraction of sp³-hybridized carbons (Fsp3) is 0.310. The molecule has 0 aliphatic carbocycles. The number of carbonyl (C=O) groups excluding carboxylic acids is 2. The van der Waals surface area contributed by atoms with Crippen molar-refractivity contribution in [3.8, 4) is 5.75 Å². The van der Waals surface area contributed by atoms with E-state index in [2.05, 4.69) is 5.32 Å². The van der Waals surface area contributed by atoms with Crippen molar-refractivity contribution in [2.75, 3.05) is 24.5 Å². The van der Waals surface area contributed by atoms with Gasteiger partial charge in [-0.15, -0.1) is 0 Å². The van der Waals surface area contributed by atoms with Crippen molar-refractivity contribution in [3.05, 3.63) is 88.9 Å². The highest BCUT2D eigenvalue weighted by Gasteiger charge is 2.33. The molecule has 10 heteroatoms. The second-order valence-corrected chi connectivity index (χ2v) is 11.2. The number of methoxy groups -OCH3 is 1. The molecule has 0 heterocycles. The summed E-state index contributed by atoms with van der Waals surface area (Å²) >= 11 is 6.35. The second kappa shape index (κ2) is 13.5. The lowest BCUT2D eigenvalue weighted by Crippen LogP contribution is -2.52. The highest BCUT2D eigenvalue weighted by molar-refractivity contribution is 7.92. The normalized spacial score (nSPS) is 11.9. The fourth-order valence-corrected chi connectivity index (χ4v) is 5.73. The zero-order valence-electron chi connectivity index (χ0n) is 22.6. The SMILES string of the molecule is CCNC(=O)[C@H](CC)N(Cc1ccc(OC)cc1)C(=O)CN(c1ccc(C)c(Cl)c1)S(=O)(=O)c1ccccc1. The number of hydrogen-bond acceptors (Lipinski definition) is 5. The number of likely N-dealkylation sites (N-methyl/N-ethyl adjacent to an activating group) is 1. The van der Waals surface area contributed by atoms with Gasteiger partial charge in [0.15, 0.2) is 0 Å². The van der Waals surface area contributed by atoms with E-state index in [1.54, 1.807) is 56.5 Å². The van der Waals surface area contributed by atoms with Gasteiger partial charge in [-0.1, -0.05) is 54.9 Å². The summed E-state index contributed by atoms with van der Waals surface area (Å²) < 4.78 is 33.9. The maximum absolute atomic E-state index is 14.0. The summed E-state index contributed by atoms with van der Waals surface area (Å²) in [6.07, 6.45) is 0.343. The Morgan fingerprint density at radius 3 is 2.23 bits per heavy atom. The van der Waals surface area contributed by atoms with E-state index in [1.807, 2.05) is 26.0 Å². The average molecular weight is 572 g/mol. The summed E-state index contributed by atoms with van der Waals surface area (Å²) in [5, 5.41) is 3.16. The topological polar surface area (TPSA) is 96.0 Å². The first-order chi connectivity index (χ1) is 18.6. The van der Waals surface area contributed by atoms with E-state index in [0.29, 0.717) is 23.7 Å². The van der Waals surface area contributed by atoms with Crippen LogP contribution in [0.15, 0.2) is 77.7 Å². The molecule has 0 radical (unpaired) electrons. The minimum Gasteiger partial charge on any atom is -0.497 e. The van der Waals surface area contributed by atoms with Crippen LogP contribution < -0.4 is 14.4 Å². The lowest BCUT2D eigenvalue weighted by molar-refractivity contribution is -0.140. The zero-order valence-corrected chi connectivity index (χ0v) is 24.1. The molecular formula is C29H34ClN3O5S. The standard InChI is InChI=1S/C29H34ClN3O5S/c1-5-27(29(35)31-6-2)32(19-22-13-16-24(38-4)17-14-22)28(34)20-33(23-15-12-21(3)26(30)18-23)39(36,37)25-10-8-7-9-11-25/h7-18,27H,5-6,19-20H2,1-4H3,(H,31,35)/t27-/m0/s1. The lowest BCUT2D eigenvalue weighted by Gasteiger charge is -2.33. The summed E-state index contributed by atoms with van der Waals surface area (Å²) in [6.45, 7) is 5.40. The quantitative estimate of drug-likeness (QED) is 0.337. The molecule has 0 saturated heterocycles. The summed E-state index contributed by atoms with van der Waals surface area (Å²) in [4.78, 5) is 28.4. The molecule has 3 rings (SSSR count). The summed E-state index contributed by atoms with van der Waals surface area (Å²) in [5.41, 5.74) is 1.79. The molecule has 3 aromatic rings. The highest BCUT2D eigenvalue weighted by atomic mass is 35.5. The molecule has 3 aromatic carbocycles. The van der Waals surface area contributed by atoms with Crippen molar-refractivity contribution < 1.29 is 22.7 Å². The Morgan fingerprint density at radius 2 is 1.67 bits per heavy atom. The van der Waals surface area contributed by atoms with Gasteiger partial charge in [-0.25, -0.2) is 8.42 Å². The van der Waals surface area contributed by atoms with Gasteiger partial charge in [0.2, 0.25) is 11.8 Å². The van der Waals surface area contributed by atoms with E-state index in [0.717, 1.165) is 15.4 Å². The minimum absolute atomic E-state index is 0.0342. The number of rotatable bonds is 12. The molecule has 0 saturated carbocycles. The number of aryl methyl sites for hydroxylation is 1. The maximum Gasteiger partial charge on any atom is 0.264 e. The van der Waals surface area contributed by atoms with Crippen LogP contribution in [0.3, 0.4) is 0 Å². The molecule has 1 atom stereocenters. The molecular weight excluding hydrogens is 538 g/mol. The van der Waals surface area contributed by atoms with E-state index >= 15 is 0 Å². The van der Waals surface area contributed by atoms with E-state index in [-0.39, 0.29) is 23.0 Å². The van der Waals surface area contributed by atoms with Crippen LogP contribution in [0.2, 0.25) is 5.02 Å². The predicted molar refractivity (Wildman–Crippen MR) is 153 cm³/mol. The Labute approximate surface area is 235 Å². The molecule has 0 spiro atoms. The van der Waals surface area contributed by atoms with Gasteiger partial charge in [0.05, 0.1) is 17.7 Å². The fourth-order valence-electron chi connectivity index (χ4n) is 4.12. The van der Waals surface area contributed by atoms with Crippen LogP contribution in [0, 0.1) is 6.92 Å². The Bertz CT molecular complexity index is 1380. The molecule has 0 fully saturated rings. The first-order valence-corrected chi connectivity index (χ1v) is 14.5. The summed E-state index contributed by atoms with van der Waals surface area (Å²) in [5.74, 6) is -0.179. The first kappa shape index (κ1) is 30.0. The third-order valence-corrected chi connectivity index (χ3v) is 8.50. The Morgan fingerprint density at radius 1 is 1.00 bits per heavy atom. The van der Waals surface area contributed by atoms with Crippen molar-refractivity contribution in [1.82, 2.24) is 10.2 Å². The number of carbonyl (C=O) groups is 2. The molecule has 0 aliphatic heterocycles. The Kier molecular flexibility index (Phi) is 10.4. The third-order valence-electron chi connectivity index (χ3n) is 6.30. The van der Waals surface area contributed by atoms with E-state index in [4.69, 9.17) is 16.3 Å². The number of ether oxygens (including phenoxy) is 1. The second-order valence-electron chi connectivity index (χ2n) is 8.95. The molecule has 208 valence electrons. The molecule has 1 N–H and O–H groups in total. The number of anilines is 1. The number of halogens is 1. The molecule has 0 aromatic heterocycles. The van der Waals surface area contributed by atoms with Gasteiger partial charge in [0, 0.05) is 18.1 Å². The number of nitrogens with one attached hydrogen (secondary N) is 1. The number of benzene rings is 3. The van der Waals surface area contributed by atoms with Crippen LogP contribution in [0.25, 0.3) is 0 Å². The van der Waals surface area contributed by atoms with Crippen molar-refractivity contribution in [1.29, 1.82) is 0 Å². The van der Waals surface area contributed by atoms with Crippen LogP contribution >= 0.6 is 11.6 Å². The molecule has 8 nitrogen and oxygen atoms in total. The van der Waals surface area contributed by atoms with Crippen LogP contribution in [0.1, 0.15) is 31.4 Å². The molecule has 0 bridgehead atoms. The number of hydrogen-bond donors (Lipinski definition) is 1. The Balaban J connectivity index is 2.06. The van der Waals surface area contributed by atoms with E-state index in [1.165, 1.54) is 23.1 Å². The molecule has 0 aliphatic rings. The van der Waals surface area contributed by atoms with Crippen molar-refractivity contribution in [2.45, 2.75) is 44.7 Å². The van der Waals surface area contributed by atoms with Crippen LogP contribution in [-0.2, 0) is 26.2 Å². The lowest BCUT2D eigenvalue weighted by atomic mass is 10.1. The largest absolute Gasteiger partial charge is 0.497 e. The maximum atomic E-state index is 14.0. The van der Waals surface area contributed by atoms with Gasteiger partial charge in [-0.05, 0) is 67.8 Å². The van der Waals surface area contributed by atoms with Crippen LogP contribution in [0.4, 0.5) is 5.69 Å². The van der Waals surface area contributed by atoms with Crippen molar-refractivity contribution in [3.63, 3.8) is 0 Å². The summed E-state index contributed by atoms with van der Waals surface area (Å²) in [7, 11) is -2.59. The number of sulfonamides is 1. The van der Waals surface area contributed by atoms with Gasteiger partial charge in [-0.3, -0.25) is 13.9 Å². The zero-order chi connectivity index (χ0) is 28.6. The van der Waals surface area contributed by atoms with Gasteiger partial charge in [0.25, 0.3) is 10.0 Å². The third kappa shape index (κ3) is 7.30. The Hall–Kier alpha value is -3.56. The van der Waals surface area contributed by atoms with Gasteiger partial charge in [0.1, 0.15) is 18.3 Å². The van der Waals surface area contributed by atoms with Crippen LogP contribution in [0.5, 0.6) is 5.75 Å².